The number of nitrogens with one attached hydrogen (secondary N) is 4. The predicted octanol–water partition coefficient (Wildman–Crippen LogP) is -4.39. The molecule has 216 valence electrons. The summed E-state index contributed by atoms with van der Waals surface area (Å²) < 4.78 is 0. The van der Waals surface area contributed by atoms with E-state index in [0.29, 0.717) is 12.1 Å². The molecule has 1 aromatic rings. The molecule has 14 N–H and O–H groups in total. The number of aromatic amines is 1. The number of aromatic nitrogens is 2. The SMILES string of the molecule is NC(=O)CC(NC(=O)C(CCC(=O)O)NC(=O)C(N)CCCN=C(N)N)C(=O)NC(Cc1cnc[nH]1)C(=O)O. The Morgan fingerprint density at radius 1 is 0.923 bits per heavy atom. The molecule has 4 unspecified atom stereocenters. The zero-order valence-corrected chi connectivity index (χ0v) is 21.0. The van der Waals surface area contributed by atoms with Crippen LogP contribution in [-0.2, 0) is 35.2 Å². The Kier molecular flexibility index (Phi) is 13.4. The minimum atomic E-state index is -1.63. The van der Waals surface area contributed by atoms with E-state index in [2.05, 4.69) is 30.9 Å². The van der Waals surface area contributed by atoms with Gasteiger partial charge in [-0.1, -0.05) is 0 Å². The third-order valence-electron chi connectivity index (χ3n) is 5.22. The first-order chi connectivity index (χ1) is 18.3. The molecule has 4 amide bonds. The maximum Gasteiger partial charge on any atom is 0.326 e. The fourth-order valence-electron chi connectivity index (χ4n) is 3.24. The molecule has 0 radical (unpaired) electrons. The first-order valence-corrected chi connectivity index (χ1v) is 11.7. The molecule has 0 fully saturated rings. The smallest absolute Gasteiger partial charge is 0.326 e. The van der Waals surface area contributed by atoms with Gasteiger partial charge in [0.25, 0.3) is 0 Å². The summed E-state index contributed by atoms with van der Waals surface area (Å²) in [6.07, 6.45) is 1.33. The summed E-state index contributed by atoms with van der Waals surface area (Å²) in [5, 5.41) is 25.3. The second-order valence-electron chi connectivity index (χ2n) is 8.46. The van der Waals surface area contributed by atoms with Gasteiger partial charge in [-0.15, -0.1) is 0 Å². The van der Waals surface area contributed by atoms with Crippen molar-refractivity contribution in [1.82, 2.24) is 25.9 Å². The number of carboxylic acid groups (broad SMARTS) is 2. The lowest BCUT2D eigenvalue weighted by Gasteiger charge is -2.24. The highest BCUT2D eigenvalue weighted by atomic mass is 16.4. The van der Waals surface area contributed by atoms with E-state index in [4.69, 9.17) is 28.0 Å². The van der Waals surface area contributed by atoms with Crippen molar-refractivity contribution in [2.75, 3.05) is 6.54 Å². The number of imidazole rings is 1. The molecule has 0 aliphatic heterocycles. The molecular weight excluding hydrogens is 520 g/mol. The van der Waals surface area contributed by atoms with Crippen molar-refractivity contribution in [2.24, 2.45) is 27.9 Å². The number of nitrogens with two attached hydrogens (primary N) is 4. The van der Waals surface area contributed by atoms with Crippen LogP contribution in [0.3, 0.4) is 0 Å². The zero-order chi connectivity index (χ0) is 29.5. The molecule has 0 saturated heterocycles. The van der Waals surface area contributed by atoms with Gasteiger partial charge in [0.15, 0.2) is 5.96 Å². The van der Waals surface area contributed by atoms with E-state index in [1.165, 1.54) is 12.5 Å². The van der Waals surface area contributed by atoms with Crippen LogP contribution in [0.25, 0.3) is 0 Å². The van der Waals surface area contributed by atoms with Crippen LogP contribution in [0.4, 0.5) is 0 Å². The number of primary amides is 1. The standard InChI is InChI=1S/C21H34N10O8/c22-11(2-1-5-27-21(24)25)17(35)29-12(3-4-16(33)34)18(36)30-13(7-15(23)32)19(37)31-14(20(38)39)6-10-8-26-9-28-10/h8-9,11-14H,1-7,22H2,(H2,23,32)(H,26,28)(H,29,35)(H,30,36)(H,31,37)(H,33,34)(H,38,39)(H4,24,25,27). The Morgan fingerprint density at radius 2 is 1.54 bits per heavy atom. The van der Waals surface area contributed by atoms with Gasteiger partial charge in [-0.2, -0.15) is 0 Å². The molecule has 39 heavy (non-hydrogen) atoms. The van der Waals surface area contributed by atoms with Crippen LogP contribution in [-0.4, -0.2) is 92.4 Å². The molecule has 1 heterocycles. The summed E-state index contributed by atoms with van der Waals surface area (Å²) in [5.74, 6) is -6.64. The van der Waals surface area contributed by atoms with Crippen LogP contribution in [0.1, 0.15) is 37.8 Å². The van der Waals surface area contributed by atoms with Crippen molar-refractivity contribution in [3.05, 3.63) is 18.2 Å². The van der Waals surface area contributed by atoms with E-state index in [1.807, 2.05) is 0 Å². The maximum absolute atomic E-state index is 13.0. The van der Waals surface area contributed by atoms with E-state index in [1.54, 1.807) is 0 Å². The molecular formula is C21H34N10O8. The van der Waals surface area contributed by atoms with Crippen LogP contribution in [0.5, 0.6) is 0 Å². The van der Waals surface area contributed by atoms with Gasteiger partial charge in [0, 0.05) is 31.3 Å². The quantitative estimate of drug-likeness (QED) is 0.0467. The minimum Gasteiger partial charge on any atom is -0.481 e. The number of carbonyl (C=O) groups is 6. The molecule has 0 bridgehead atoms. The normalized spacial score (nSPS) is 13.7. The summed E-state index contributed by atoms with van der Waals surface area (Å²) in [7, 11) is 0. The third-order valence-corrected chi connectivity index (χ3v) is 5.22. The van der Waals surface area contributed by atoms with Gasteiger partial charge in [-0.3, -0.25) is 29.0 Å². The van der Waals surface area contributed by atoms with Gasteiger partial charge in [0.1, 0.15) is 18.1 Å². The third kappa shape index (κ3) is 12.9. The minimum absolute atomic E-state index is 0.134. The van der Waals surface area contributed by atoms with Gasteiger partial charge >= 0.3 is 11.9 Å². The van der Waals surface area contributed by atoms with Gasteiger partial charge < -0.3 is 54.1 Å². The number of carbonyl (C=O) groups excluding carboxylic acids is 4. The summed E-state index contributed by atoms with van der Waals surface area (Å²) in [6.45, 7) is 0.202. The number of H-pyrrole nitrogens is 1. The van der Waals surface area contributed by atoms with Crippen LogP contribution >= 0.6 is 0 Å². The molecule has 18 heteroatoms. The number of aliphatic carboxylic acids is 2. The number of guanidine groups is 1. The topological polar surface area (TPSA) is 324 Å². The highest BCUT2D eigenvalue weighted by Crippen LogP contribution is 2.05. The largest absolute Gasteiger partial charge is 0.481 e. The number of aliphatic imine (C=N–C) groups is 1. The van der Waals surface area contributed by atoms with Crippen LogP contribution in [0, 0.1) is 0 Å². The average Bonchev–Trinajstić information content (AvgIpc) is 3.35. The molecule has 1 aromatic heterocycles. The summed E-state index contributed by atoms with van der Waals surface area (Å²) in [4.78, 5) is 82.8. The van der Waals surface area contributed by atoms with E-state index in [9.17, 15) is 33.9 Å². The predicted molar refractivity (Wildman–Crippen MR) is 134 cm³/mol. The fourth-order valence-corrected chi connectivity index (χ4v) is 3.24. The van der Waals surface area contributed by atoms with Gasteiger partial charge in [-0.25, -0.2) is 9.78 Å². The lowest BCUT2D eigenvalue weighted by atomic mass is 10.1. The van der Waals surface area contributed by atoms with Gasteiger partial charge in [0.05, 0.1) is 18.8 Å². The number of nitrogens with zero attached hydrogens (tertiary/aromatic N) is 2. The summed E-state index contributed by atoms with van der Waals surface area (Å²) >= 11 is 0. The second-order valence-corrected chi connectivity index (χ2v) is 8.46. The molecule has 18 nitrogen and oxygen atoms in total. The van der Waals surface area contributed by atoms with Gasteiger partial charge in [0.2, 0.25) is 23.6 Å². The highest BCUT2D eigenvalue weighted by molar-refractivity contribution is 5.96. The Labute approximate surface area is 222 Å². The molecule has 0 aliphatic rings. The Hall–Kier alpha value is -4.74. The average molecular weight is 555 g/mol. The first-order valence-electron chi connectivity index (χ1n) is 11.7. The number of carboxylic acids is 2. The molecule has 0 aromatic carbocycles. The van der Waals surface area contributed by atoms with Gasteiger partial charge in [-0.05, 0) is 19.3 Å². The first kappa shape index (κ1) is 32.3. The fraction of sp³-hybridized carbons (Fsp3) is 0.524. The highest BCUT2D eigenvalue weighted by Gasteiger charge is 2.31. The maximum atomic E-state index is 13.0. The van der Waals surface area contributed by atoms with E-state index >= 15 is 0 Å². The summed E-state index contributed by atoms with van der Waals surface area (Å²) in [5.41, 5.74) is 21.9. The van der Waals surface area contributed by atoms with Crippen molar-refractivity contribution in [1.29, 1.82) is 0 Å². The van der Waals surface area contributed by atoms with Crippen LogP contribution in [0.2, 0.25) is 0 Å². The Morgan fingerprint density at radius 3 is 2.08 bits per heavy atom. The van der Waals surface area contributed by atoms with E-state index in [-0.39, 0.29) is 31.8 Å². The van der Waals surface area contributed by atoms with Crippen molar-refractivity contribution < 1.29 is 39.0 Å². The lowest BCUT2D eigenvalue weighted by molar-refractivity contribution is -0.142. The number of amides is 4. The monoisotopic (exact) mass is 554 g/mol. The zero-order valence-electron chi connectivity index (χ0n) is 21.0. The second kappa shape index (κ2) is 16.2. The molecule has 0 saturated carbocycles. The Bertz CT molecular complexity index is 1040. The van der Waals surface area contributed by atoms with Crippen molar-refractivity contribution in [3.63, 3.8) is 0 Å². The van der Waals surface area contributed by atoms with E-state index < -0.39 is 72.6 Å². The van der Waals surface area contributed by atoms with E-state index in [0.717, 1.165) is 0 Å². The molecule has 0 spiro atoms. The number of rotatable bonds is 18. The Balaban J connectivity index is 2.95. The van der Waals surface area contributed by atoms with Crippen molar-refractivity contribution in [2.45, 2.75) is 62.7 Å². The molecule has 0 aliphatic carbocycles. The number of hydrogen-bond acceptors (Lipinski definition) is 9. The molecule has 1 rings (SSSR count). The molecule has 4 atom stereocenters. The van der Waals surface area contributed by atoms with Crippen LogP contribution < -0.4 is 38.9 Å². The van der Waals surface area contributed by atoms with Crippen molar-refractivity contribution in [3.8, 4) is 0 Å². The van der Waals surface area contributed by atoms with Crippen molar-refractivity contribution >= 4 is 41.5 Å². The number of hydrogen-bond donors (Lipinski definition) is 10. The lowest BCUT2D eigenvalue weighted by Crippen LogP contribution is -2.58. The van der Waals surface area contributed by atoms with Crippen LogP contribution in [0.15, 0.2) is 17.5 Å². The summed E-state index contributed by atoms with van der Waals surface area (Å²) in [6, 6.07) is -5.63.